The van der Waals surface area contributed by atoms with E-state index < -0.39 is 0 Å². The van der Waals surface area contributed by atoms with Crippen LogP contribution < -0.4 is 5.32 Å². The lowest BCUT2D eigenvalue weighted by molar-refractivity contribution is -0.118. The number of furan rings is 1. The molecule has 0 aliphatic rings. The molecular weight excluding hydrogens is 281 g/mol. The van der Waals surface area contributed by atoms with Crippen molar-refractivity contribution in [2.24, 2.45) is 0 Å². The minimum Gasteiger partial charge on any atom is -0.469 e. The van der Waals surface area contributed by atoms with Gasteiger partial charge in [0.05, 0.1) is 6.26 Å². The van der Waals surface area contributed by atoms with E-state index in [2.05, 4.69) is 5.32 Å². The molecule has 0 aliphatic heterocycles. The van der Waals surface area contributed by atoms with Gasteiger partial charge in [0.2, 0.25) is 5.91 Å². The Morgan fingerprint density at radius 2 is 2.05 bits per heavy atom. The molecule has 1 heterocycles. The second kappa shape index (κ2) is 7.10. The van der Waals surface area contributed by atoms with Crippen LogP contribution >= 0.6 is 11.6 Å². The van der Waals surface area contributed by atoms with Crippen LogP contribution in [0.5, 0.6) is 0 Å². The van der Waals surface area contributed by atoms with Crippen LogP contribution in [0.3, 0.4) is 0 Å². The molecule has 3 nitrogen and oxygen atoms in total. The summed E-state index contributed by atoms with van der Waals surface area (Å²) in [6, 6.07) is 9.98. The molecule has 0 saturated heterocycles. The number of hydrogen-bond donors (Lipinski definition) is 1. The molecule has 20 heavy (non-hydrogen) atoms. The summed E-state index contributed by atoms with van der Waals surface area (Å²) in [6.45, 7) is 0.480. The summed E-state index contributed by atoms with van der Waals surface area (Å²) < 4.78 is 18.4. The van der Waals surface area contributed by atoms with Gasteiger partial charge in [-0.1, -0.05) is 12.1 Å². The number of alkyl halides is 1. The van der Waals surface area contributed by atoms with Crippen molar-refractivity contribution in [1.29, 1.82) is 0 Å². The SMILES string of the molecule is O=C(CCl)NCC[C@H](c1ccc(F)cc1)c1ccco1. The van der Waals surface area contributed by atoms with E-state index in [4.69, 9.17) is 16.0 Å². The van der Waals surface area contributed by atoms with Gasteiger partial charge in [-0.3, -0.25) is 4.79 Å². The van der Waals surface area contributed by atoms with Gasteiger partial charge in [-0.15, -0.1) is 11.6 Å². The maximum Gasteiger partial charge on any atom is 0.234 e. The molecule has 2 aromatic rings. The van der Waals surface area contributed by atoms with E-state index in [9.17, 15) is 9.18 Å². The Bertz CT molecular complexity index is 540. The molecule has 0 bridgehead atoms. The Labute approximate surface area is 121 Å². The Hall–Kier alpha value is -1.81. The standard InChI is InChI=1S/C15H15ClFNO2/c16-10-15(19)18-8-7-13(14-2-1-9-20-14)11-3-5-12(17)6-4-11/h1-6,9,13H,7-8,10H2,(H,18,19)/t13-/m1/s1. The first-order valence-corrected chi connectivity index (χ1v) is 6.85. The first-order chi connectivity index (χ1) is 9.70. The molecule has 5 heteroatoms. The zero-order valence-corrected chi connectivity index (χ0v) is 11.6. The van der Waals surface area contributed by atoms with Gasteiger partial charge in [0, 0.05) is 12.5 Å². The van der Waals surface area contributed by atoms with Crippen LogP contribution in [0.1, 0.15) is 23.7 Å². The number of carbonyl (C=O) groups is 1. The zero-order valence-electron chi connectivity index (χ0n) is 10.8. The van der Waals surface area contributed by atoms with Gasteiger partial charge in [-0.2, -0.15) is 0 Å². The summed E-state index contributed by atoms with van der Waals surface area (Å²) in [7, 11) is 0. The summed E-state index contributed by atoms with van der Waals surface area (Å²) in [6.07, 6.45) is 2.25. The third-order valence-electron chi connectivity index (χ3n) is 3.04. The van der Waals surface area contributed by atoms with Crippen LogP contribution in [0, 0.1) is 5.82 Å². The lowest BCUT2D eigenvalue weighted by Gasteiger charge is -2.15. The molecule has 1 N–H and O–H groups in total. The van der Waals surface area contributed by atoms with Crippen LogP contribution in [0.2, 0.25) is 0 Å². The van der Waals surface area contributed by atoms with E-state index >= 15 is 0 Å². The quantitative estimate of drug-likeness (QED) is 0.831. The molecule has 1 atom stereocenters. The number of amides is 1. The van der Waals surface area contributed by atoms with E-state index in [0.717, 1.165) is 11.3 Å². The lowest BCUT2D eigenvalue weighted by Crippen LogP contribution is -2.26. The number of rotatable bonds is 6. The maximum atomic E-state index is 13.0. The van der Waals surface area contributed by atoms with Crippen molar-refractivity contribution in [3.05, 3.63) is 59.8 Å². The van der Waals surface area contributed by atoms with Gasteiger partial charge >= 0.3 is 0 Å². The van der Waals surface area contributed by atoms with Crippen molar-refractivity contribution in [1.82, 2.24) is 5.32 Å². The Morgan fingerprint density at radius 3 is 2.65 bits per heavy atom. The largest absolute Gasteiger partial charge is 0.469 e. The highest BCUT2D eigenvalue weighted by atomic mass is 35.5. The molecule has 1 aromatic heterocycles. The highest BCUT2D eigenvalue weighted by molar-refractivity contribution is 6.27. The minimum atomic E-state index is -0.276. The second-order valence-electron chi connectivity index (χ2n) is 4.39. The van der Waals surface area contributed by atoms with Crippen LogP contribution in [0.25, 0.3) is 0 Å². The first-order valence-electron chi connectivity index (χ1n) is 6.32. The predicted molar refractivity (Wildman–Crippen MR) is 75.3 cm³/mol. The molecule has 0 saturated carbocycles. The first kappa shape index (κ1) is 14.6. The van der Waals surface area contributed by atoms with Gasteiger partial charge < -0.3 is 9.73 Å². The fourth-order valence-electron chi connectivity index (χ4n) is 2.06. The van der Waals surface area contributed by atoms with Gasteiger partial charge in [0.1, 0.15) is 17.5 Å². The van der Waals surface area contributed by atoms with Crippen molar-refractivity contribution in [2.45, 2.75) is 12.3 Å². The molecular formula is C15H15ClFNO2. The molecule has 106 valence electrons. The molecule has 2 rings (SSSR count). The normalized spacial score (nSPS) is 12.1. The summed E-state index contributed by atoms with van der Waals surface area (Å²) in [5.74, 6) is 0.228. The smallest absolute Gasteiger partial charge is 0.234 e. The second-order valence-corrected chi connectivity index (χ2v) is 4.66. The van der Waals surface area contributed by atoms with Crippen molar-refractivity contribution in [2.75, 3.05) is 12.4 Å². The summed E-state index contributed by atoms with van der Waals surface area (Å²) in [4.78, 5) is 11.1. The average molecular weight is 296 g/mol. The topological polar surface area (TPSA) is 42.2 Å². The average Bonchev–Trinajstić information content (AvgIpc) is 2.98. The third-order valence-corrected chi connectivity index (χ3v) is 3.28. The molecule has 0 radical (unpaired) electrons. The van der Waals surface area contributed by atoms with Crippen molar-refractivity contribution < 1.29 is 13.6 Å². The number of benzene rings is 1. The van der Waals surface area contributed by atoms with E-state index in [-0.39, 0.29) is 23.5 Å². The number of hydrogen-bond acceptors (Lipinski definition) is 2. The minimum absolute atomic E-state index is 0.0266. The molecule has 1 amide bonds. The Morgan fingerprint density at radius 1 is 1.30 bits per heavy atom. The zero-order chi connectivity index (χ0) is 14.4. The van der Waals surface area contributed by atoms with Crippen LogP contribution in [-0.2, 0) is 4.79 Å². The van der Waals surface area contributed by atoms with Crippen LogP contribution in [0.4, 0.5) is 4.39 Å². The van der Waals surface area contributed by atoms with Crippen molar-refractivity contribution in [3.8, 4) is 0 Å². The van der Waals surface area contributed by atoms with Crippen LogP contribution in [0.15, 0.2) is 47.1 Å². The van der Waals surface area contributed by atoms with E-state index in [1.807, 2.05) is 12.1 Å². The van der Waals surface area contributed by atoms with E-state index in [1.165, 1.54) is 12.1 Å². The third kappa shape index (κ3) is 3.84. The highest BCUT2D eigenvalue weighted by Gasteiger charge is 2.17. The van der Waals surface area contributed by atoms with E-state index in [0.29, 0.717) is 13.0 Å². The highest BCUT2D eigenvalue weighted by Crippen LogP contribution is 2.28. The lowest BCUT2D eigenvalue weighted by atomic mass is 9.93. The Balaban J connectivity index is 2.09. The van der Waals surface area contributed by atoms with Gasteiger partial charge in [-0.25, -0.2) is 4.39 Å². The molecule has 0 unspecified atom stereocenters. The van der Waals surface area contributed by atoms with Crippen molar-refractivity contribution in [3.63, 3.8) is 0 Å². The van der Waals surface area contributed by atoms with Crippen molar-refractivity contribution >= 4 is 17.5 Å². The number of nitrogens with one attached hydrogen (secondary N) is 1. The van der Waals surface area contributed by atoms with Gasteiger partial charge in [-0.05, 0) is 36.2 Å². The summed E-state index contributed by atoms with van der Waals surface area (Å²) >= 11 is 5.43. The monoisotopic (exact) mass is 295 g/mol. The molecule has 0 aliphatic carbocycles. The summed E-state index contributed by atoms with van der Waals surface area (Å²) in [5.41, 5.74) is 0.946. The number of carbonyl (C=O) groups excluding carboxylic acids is 1. The fraction of sp³-hybridized carbons (Fsp3) is 0.267. The van der Waals surface area contributed by atoms with E-state index in [1.54, 1.807) is 18.4 Å². The predicted octanol–water partition coefficient (Wildman–Crippen LogP) is 3.30. The van der Waals surface area contributed by atoms with Gasteiger partial charge in [0.25, 0.3) is 0 Å². The van der Waals surface area contributed by atoms with Crippen LogP contribution in [-0.4, -0.2) is 18.3 Å². The molecule has 1 aromatic carbocycles. The Kier molecular flexibility index (Phi) is 5.18. The summed E-state index contributed by atoms with van der Waals surface area (Å²) in [5, 5.41) is 2.72. The van der Waals surface area contributed by atoms with Gasteiger partial charge in [0.15, 0.2) is 0 Å². The maximum absolute atomic E-state index is 13.0. The number of halogens is 2. The molecule has 0 spiro atoms. The fourth-order valence-corrected chi connectivity index (χ4v) is 2.16. The molecule has 0 fully saturated rings.